The van der Waals surface area contributed by atoms with Gasteiger partial charge in [-0.3, -0.25) is 4.79 Å². The summed E-state index contributed by atoms with van der Waals surface area (Å²) in [6.07, 6.45) is 5.95. The van der Waals surface area contributed by atoms with Crippen molar-refractivity contribution in [3.63, 3.8) is 0 Å². The van der Waals surface area contributed by atoms with E-state index < -0.39 is 0 Å². The molecule has 1 aromatic carbocycles. The van der Waals surface area contributed by atoms with Gasteiger partial charge in [0.25, 0.3) is 0 Å². The highest BCUT2D eigenvalue weighted by Crippen LogP contribution is 2.48. The third kappa shape index (κ3) is 0.916. The minimum atomic E-state index is -0.272. The van der Waals surface area contributed by atoms with E-state index in [1.54, 1.807) is 4.90 Å². The van der Waals surface area contributed by atoms with Crippen LogP contribution in [0.5, 0.6) is 0 Å². The number of para-hydroxylation sites is 1. The third-order valence-corrected chi connectivity index (χ3v) is 3.59. The van der Waals surface area contributed by atoms with E-state index in [0.717, 1.165) is 18.5 Å². The van der Waals surface area contributed by atoms with Gasteiger partial charge in [-0.25, -0.2) is 0 Å². The molecular formula is C13H13NO. The lowest BCUT2D eigenvalue weighted by Crippen LogP contribution is -2.36. The van der Waals surface area contributed by atoms with Gasteiger partial charge in [0.05, 0.1) is 5.41 Å². The van der Waals surface area contributed by atoms with Crippen molar-refractivity contribution in [2.45, 2.75) is 18.3 Å². The summed E-state index contributed by atoms with van der Waals surface area (Å²) in [5.74, 6) is 0.244. The second-order valence-corrected chi connectivity index (χ2v) is 4.34. The van der Waals surface area contributed by atoms with Crippen molar-refractivity contribution in [1.29, 1.82) is 0 Å². The first-order chi connectivity index (χ1) is 7.26. The lowest BCUT2D eigenvalue weighted by Gasteiger charge is -2.21. The Morgan fingerprint density at radius 1 is 1.20 bits per heavy atom. The molecule has 1 heterocycles. The first kappa shape index (κ1) is 8.72. The zero-order chi connectivity index (χ0) is 10.5. The number of nitrogens with zero attached hydrogens (tertiary/aromatic N) is 1. The molecule has 1 spiro atoms. The smallest absolute Gasteiger partial charge is 0.238 e. The van der Waals surface area contributed by atoms with Crippen molar-refractivity contribution in [3.05, 3.63) is 42.0 Å². The summed E-state index contributed by atoms with van der Waals surface area (Å²) in [4.78, 5) is 14.1. The fourth-order valence-electron chi connectivity index (χ4n) is 2.76. The molecule has 2 aliphatic rings. The molecule has 1 aliphatic heterocycles. The molecule has 0 N–H and O–H groups in total. The molecule has 0 atom stereocenters. The lowest BCUT2D eigenvalue weighted by atomic mass is 9.79. The Kier molecular flexibility index (Phi) is 1.58. The minimum Gasteiger partial charge on any atom is -0.314 e. The fourth-order valence-corrected chi connectivity index (χ4v) is 2.76. The summed E-state index contributed by atoms with van der Waals surface area (Å²) in [6.45, 7) is 0. The number of carbonyl (C=O) groups is 1. The van der Waals surface area contributed by atoms with Crippen LogP contribution >= 0.6 is 0 Å². The van der Waals surface area contributed by atoms with E-state index in [1.165, 1.54) is 5.56 Å². The van der Waals surface area contributed by atoms with E-state index in [9.17, 15) is 4.79 Å². The van der Waals surface area contributed by atoms with Crippen LogP contribution in [0.15, 0.2) is 36.4 Å². The lowest BCUT2D eigenvalue weighted by molar-refractivity contribution is -0.122. The van der Waals surface area contributed by atoms with Gasteiger partial charge in [0.2, 0.25) is 5.91 Å². The van der Waals surface area contributed by atoms with Crippen LogP contribution in [-0.4, -0.2) is 13.0 Å². The molecule has 0 unspecified atom stereocenters. The number of anilines is 1. The zero-order valence-corrected chi connectivity index (χ0v) is 8.73. The monoisotopic (exact) mass is 199 g/mol. The summed E-state index contributed by atoms with van der Waals surface area (Å²) in [7, 11) is 1.87. The highest BCUT2D eigenvalue weighted by molar-refractivity contribution is 6.08. The van der Waals surface area contributed by atoms with Gasteiger partial charge in [0.15, 0.2) is 0 Å². The number of hydrogen-bond acceptors (Lipinski definition) is 1. The predicted molar refractivity (Wildman–Crippen MR) is 59.9 cm³/mol. The van der Waals surface area contributed by atoms with Crippen LogP contribution in [0, 0.1) is 0 Å². The molecule has 0 saturated heterocycles. The quantitative estimate of drug-likeness (QED) is 0.587. The normalized spacial score (nSPS) is 21.4. The highest BCUT2D eigenvalue weighted by Gasteiger charge is 2.49. The molecule has 15 heavy (non-hydrogen) atoms. The standard InChI is InChI=1S/C13H13NO/c1-14-11-7-3-2-6-10(11)13(12(14)15)8-4-5-9-13/h2-7H,8-9H2,1H3. The first-order valence-electron chi connectivity index (χ1n) is 5.28. The van der Waals surface area contributed by atoms with E-state index in [1.807, 2.05) is 25.2 Å². The molecule has 0 bridgehead atoms. The van der Waals surface area contributed by atoms with Gasteiger partial charge < -0.3 is 4.90 Å². The SMILES string of the molecule is CN1C(=O)C2(CC=CC2)c2ccccc21. The molecule has 2 nitrogen and oxygen atoms in total. The molecule has 1 aromatic rings. The molecule has 76 valence electrons. The van der Waals surface area contributed by atoms with Crippen LogP contribution in [0.3, 0.4) is 0 Å². The van der Waals surface area contributed by atoms with Crippen molar-refractivity contribution in [3.8, 4) is 0 Å². The Morgan fingerprint density at radius 3 is 2.60 bits per heavy atom. The Labute approximate surface area is 89.2 Å². The van der Waals surface area contributed by atoms with Crippen LogP contribution in [0.4, 0.5) is 5.69 Å². The van der Waals surface area contributed by atoms with Gasteiger partial charge in [-0.05, 0) is 24.5 Å². The topological polar surface area (TPSA) is 20.3 Å². The van der Waals surface area contributed by atoms with Gasteiger partial charge in [0.1, 0.15) is 0 Å². The summed E-state index contributed by atoms with van der Waals surface area (Å²) in [6, 6.07) is 8.12. The second kappa shape index (κ2) is 2.72. The Hall–Kier alpha value is -1.57. The maximum atomic E-state index is 12.3. The number of benzene rings is 1. The highest BCUT2D eigenvalue weighted by atomic mass is 16.2. The van der Waals surface area contributed by atoms with E-state index in [2.05, 4.69) is 18.2 Å². The summed E-state index contributed by atoms with van der Waals surface area (Å²) >= 11 is 0. The van der Waals surface area contributed by atoms with Gasteiger partial charge in [-0.1, -0.05) is 30.4 Å². The largest absolute Gasteiger partial charge is 0.314 e. The summed E-state index contributed by atoms with van der Waals surface area (Å²) in [5, 5.41) is 0. The van der Waals surface area contributed by atoms with E-state index in [4.69, 9.17) is 0 Å². The van der Waals surface area contributed by atoms with Gasteiger partial charge >= 0.3 is 0 Å². The van der Waals surface area contributed by atoms with E-state index in [0.29, 0.717) is 0 Å². The van der Waals surface area contributed by atoms with Crippen molar-refractivity contribution in [2.24, 2.45) is 0 Å². The van der Waals surface area contributed by atoms with Gasteiger partial charge in [-0.2, -0.15) is 0 Å². The second-order valence-electron chi connectivity index (χ2n) is 4.34. The van der Waals surface area contributed by atoms with E-state index >= 15 is 0 Å². The third-order valence-electron chi connectivity index (χ3n) is 3.59. The summed E-state index contributed by atoms with van der Waals surface area (Å²) in [5.41, 5.74) is 2.00. The molecule has 0 saturated carbocycles. The number of hydrogen-bond donors (Lipinski definition) is 0. The minimum absolute atomic E-state index is 0.244. The van der Waals surface area contributed by atoms with Crippen LogP contribution in [0.2, 0.25) is 0 Å². The molecule has 3 rings (SSSR count). The Balaban J connectivity index is 2.23. The molecule has 0 aromatic heterocycles. The molecule has 0 fully saturated rings. The number of rotatable bonds is 0. The maximum Gasteiger partial charge on any atom is 0.238 e. The zero-order valence-electron chi connectivity index (χ0n) is 8.73. The van der Waals surface area contributed by atoms with Crippen LogP contribution in [-0.2, 0) is 10.2 Å². The fraction of sp³-hybridized carbons (Fsp3) is 0.308. The number of carbonyl (C=O) groups excluding carboxylic acids is 1. The van der Waals surface area contributed by atoms with Crippen LogP contribution in [0.1, 0.15) is 18.4 Å². The van der Waals surface area contributed by atoms with Crippen LogP contribution in [0.25, 0.3) is 0 Å². The van der Waals surface area contributed by atoms with Gasteiger partial charge in [0, 0.05) is 12.7 Å². The number of likely N-dealkylation sites (N-methyl/N-ethyl adjacent to an activating group) is 1. The maximum absolute atomic E-state index is 12.3. The van der Waals surface area contributed by atoms with Crippen molar-refractivity contribution < 1.29 is 4.79 Å². The Bertz CT molecular complexity index is 453. The molecule has 2 heteroatoms. The van der Waals surface area contributed by atoms with Crippen molar-refractivity contribution in [2.75, 3.05) is 11.9 Å². The average molecular weight is 199 g/mol. The molecular weight excluding hydrogens is 186 g/mol. The van der Waals surface area contributed by atoms with E-state index in [-0.39, 0.29) is 11.3 Å². The molecule has 1 amide bonds. The van der Waals surface area contributed by atoms with Gasteiger partial charge in [-0.15, -0.1) is 0 Å². The van der Waals surface area contributed by atoms with Crippen LogP contribution < -0.4 is 4.90 Å². The molecule has 1 aliphatic carbocycles. The number of amides is 1. The predicted octanol–water partition coefficient (Wildman–Crippen LogP) is 2.25. The molecule has 0 radical (unpaired) electrons. The first-order valence-corrected chi connectivity index (χ1v) is 5.28. The average Bonchev–Trinajstić information content (AvgIpc) is 2.83. The number of allylic oxidation sites excluding steroid dienone is 2. The Morgan fingerprint density at radius 2 is 1.87 bits per heavy atom. The summed E-state index contributed by atoms with van der Waals surface area (Å²) < 4.78 is 0. The van der Waals surface area contributed by atoms with Crippen molar-refractivity contribution in [1.82, 2.24) is 0 Å². The van der Waals surface area contributed by atoms with Crippen molar-refractivity contribution >= 4 is 11.6 Å². The number of fused-ring (bicyclic) bond motifs is 2.